The average Bonchev–Trinajstić information content (AvgIpc) is 2.98. The molecule has 0 radical (unpaired) electrons. The van der Waals surface area contributed by atoms with Crippen molar-refractivity contribution in [1.82, 2.24) is 4.98 Å². The molecule has 2 aromatic rings. The predicted molar refractivity (Wildman–Crippen MR) is 84.9 cm³/mol. The Kier molecular flexibility index (Phi) is 2.72. The summed E-state index contributed by atoms with van der Waals surface area (Å²) in [7, 11) is 0. The fourth-order valence-electron chi connectivity index (χ4n) is 3.60. The molecule has 1 aromatic heterocycles. The molecule has 4 rings (SSSR count). The number of ether oxygens (including phenoxy) is 1. The van der Waals surface area contributed by atoms with Crippen LogP contribution in [-0.2, 0) is 18.4 Å². The first-order chi connectivity index (χ1) is 9.98. The predicted octanol–water partition coefficient (Wildman–Crippen LogP) is 3.40. The molecule has 1 unspecified atom stereocenters. The summed E-state index contributed by atoms with van der Waals surface area (Å²) in [5, 5.41) is 1.05. The maximum atomic E-state index is 6.90. The van der Waals surface area contributed by atoms with Crippen LogP contribution in [0.3, 0.4) is 0 Å². The molecule has 21 heavy (non-hydrogen) atoms. The standard InChI is InChI=1S/C17H20N2OS/c1-16(2)10-17(18,11-6-3-4-8-13(11)20-16)15-19-12-7-5-9-14(12)21-15/h3-4,6,8H,5,7,9-10,18H2,1-2H3. The van der Waals surface area contributed by atoms with Crippen molar-refractivity contribution in [2.75, 3.05) is 0 Å². The highest BCUT2D eigenvalue weighted by Crippen LogP contribution is 2.47. The van der Waals surface area contributed by atoms with E-state index in [1.54, 1.807) is 11.3 Å². The van der Waals surface area contributed by atoms with Gasteiger partial charge in [0.1, 0.15) is 21.9 Å². The maximum absolute atomic E-state index is 6.90. The molecule has 110 valence electrons. The molecular formula is C17H20N2OS. The van der Waals surface area contributed by atoms with E-state index in [9.17, 15) is 0 Å². The summed E-state index contributed by atoms with van der Waals surface area (Å²) in [6, 6.07) is 8.13. The number of aromatic nitrogens is 1. The van der Waals surface area contributed by atoms with Crippen molar-refractivity contribution in [3.05, 3.63) is 45.4 Å². The first-order valence-electron chi connectivity index (χ1n) is 7.54. The van der Waals surface area contributed by atoms with Crippen molar-refractivity contribution in [2.24, 2.45) is 5.73 Å². The number of hydrogen-bond acceptors (Lipinski definition) is 4. The molecule has 1 atom stereocenters. The van der Waals surface area contributed by atoms with E-state index in [1.807, 2.05) is 18.2 Å². The molecular weight excluding hydrogens is 280 g/mol. The van der Waals surface area contributed by atoms with Crippen LogP contribution < -0.4 is 10.5 Å². The molecule has 0 saturated heterocycles. The van der Waals surface area contributed by atoms with E-state index >= 15 is 0 Å². The van der Waals surface area contributed by atoms with Crippen LogP contribution >= 0.6 is 11.3 Å². The Labute approximate surface area is 129 Å². The average molecular weight is 300 g/mol. The van der Waals surface area contributed by atoms with Gasteiger partial charge < -0.3 is 10.5 Å². The minimum absolute atomic E-state index is 0.279. The molecule has 3 nitrogen and oxygen atoms in total. The summed E-state index contributed by atoms with van der Waals surface area (Å²) in [6.45, 7) is 4.21. The van der Waals surface area contributed by atoms with Gasteiger partial charge in [-0.1, -0.05) is 18.2 Å². The normalized spacial score (nSPS) is 26.0. The number of aryl methyl sites for hydroxylation is 2. The molecule has 0 saturated carbocycles. The lowest BCUT2D eigenvalue weighted by molar-refractivity contribution is 0.0554. The zero-order valence-electron chi connectivity index (χ0n) is 12.5. The van der Waals surface area contributed by atoms with Gasteiger partial charge in [0.2, 0.25) is 0 Å². The molecule has 4 heteroatoms. The maximum Gasteiger partial charge on any atom is 0.125 e. The summed E-state index contributed by atoms with van der Waals surface area (Å²) >= 11 is 1.80. The van der Waals surface area contributed by atoms with Gasteiger partial charge in [-0.15, -0.1) is 11.3 Å². The SMILES string of the molecule is CC1(C)CC(N)(c2nc3c(s2)CCC3)c2ccccc2O1. The highest BCUT2D eigenvalue weighted by atomic mass is 32.1. The zero-order valence-corrected chi connectivity index (χ0v) is 13.3. The van der Waals surface area contributed by atoms with Crippen LogP contribution in [0.15, 0.2) is 24.3 Å². The Balaban J connectivity index is 1.88. The van der Waals surface area contributed by atoms with Gasteiger partial charge >= 0.3 is 0 Å². The molecule has 2 N–H and O–H groups in total. The number of nitrogens with zero attached hydrogens (tertiary/aromatic N) is 1. The topological polar surface area (TPSA) is 48.1 Å². The molecule has 1 aliphatic heterocycles. The smallest absolute Gasteiger partial charge is 0.125 e. The summed E-state index contributed by atoms with van der Waals surface area (Å²) in [6.07, 6.45) is 4.24. The van der Waals surface area contributed by atoms with E-state index in [-0.39, 0.29) is 5.60 Å². The number of thiazole rings is 1. The van der Waals surface area contributed by atoms with Crippen molar-refractivity contribution in [3.8, 4) is 5.75 Å². The van der Waals surface area contributed by atoms with Gasteiger partial charge in [-0.3, -0.25) is 0 Å². The number of fused-ring (bicyclic) bond motifs is 2. The highest BCUT2D eigenvalue weighted by molar-refractivity contribution is 7.12. The van der Waals surface area contributed by atoms with Crippen LogP contribution in [0.4, 0.5) is 0 Å². The van der Waals surface area contributed by atoms with Crippen LogP contribution in [0.1, 0.15) is 47.8 Å². The van der Waals surface area contributed by atoms with Gasteiger partial charge in [-0.05, 0) is 39.2 Å². The van der Waals surface area contributed by atoms with Crippen LogP contribution in [-0.4, -0.2) is 10.6 Å². The van der Waals surface area contributed by atoms with Crippen LogP contribution in [0.25, 0.3) is 0 Å². The summed E-state index contributed by atoms with van der Waals surface area (Å²) in [4.78, 5) is 6.32. The largest absolute Gasteiger partial charge is 0.487 e. The minimum Gasteiger partial charge on any atom is -0.487 e. The Morgan fingerprint density at radius 2 is 2.05 bits per heavy atom. The van der Waals surface area contributed by atoms with Gasteiger partial charge in [-0.25, -0.2) is 4.98 Å². The molecule has 2 aliphatic rings. The quantitative estimate of drug-likeness (QED) is 0.878. The van der Waals surface area contributed by atoms with E-state index in [0.29, 0.717) is 0 Å². The van der Waals surface area contributed by atoms with Gasteiger partial charge in [0.15, 0.2) is 0 Å². The fraction of sp³-hybridized carbons (Fsp3) is 0.471. The highest BCUT2D eigenvalue weighted by Gasteiger charge is 2.46. The Bertz CT molecular complexity index is 685. The summed E-state index contributed by atoms with van der Waals surface area (Å²) < 4.78 is 6.11. The lowest BCUT2D eigenvalue weighted by Gasteiger charge is -2.42. The van der Waals surface area contributed by atoms with Crippen LogP contribution in [0.5, 0.6) is 5.75 Å². The third-order valence-electron chi connectivity index (χ3n) is 4.44. The third-order valence-corrected chi connectivity index (χ3v) is 5.77. The summed E-state index contributed by atoms with van der Waals surface area (Å²) in [5.41, 5.74) is 8.42. The fourth-order valence-corrected chi connectivity index (χ4v) is 4.86. The van der Waals surface area contributed by atoms with Gasteiger partial charge in [0.25, 0.3) is 0 Å². The van der Waals surface area contributed by atoms with Gasteiger partial charge in [-0.2, -0.15) is 0 Å². The second-order valence-electron chi connectivity index (χ2n) is 6.75. The van der Waals surface area contributed by atoms with E-state index in [2.05, 4.69) is 19.9 Å². The molecule has 2 heterocycles. The second-order valence-corrected chi connectivity index (χ2v) is 7.83. The number of nitrogens with two attached hydrogens (primary N) is 1. The van der Waals surface area contributed by atoms with E-state index in [4.69, 9.17) is 15.5 Å². The number of hydrogen-bond donors (Lipinski definition) is 1. The minimum atomic E-state index is -0.534. The second kappa shape index (κ2) is 4.31. The molecule has 1 aliphatic carbocycles. The number of para-hydroxylation sites is 1. The van der Waals surface area contributed by atoms with E-state index in [0.717, 1.165) is 35.6 Å². The first-order valence-corrected chi connectivity index (χ1v) is 8.36. The van der Waals surface area contributed by atoms with Crippen molar-refractivity contribution in [1.29, 1.82) is 0 Å². The Hall–Kier alpha value is -1.39. The summed E-state index contributed by atoms with van der Waals surface area (Å²) in [5.74, 6) is 0.895. The van der Waals surface area contributed by atoms with Crippen LogP contribution in [0.2, 0.25) is 0 Å². The van der Waals surface area contributed by atoms with Crippen molar-refractivity contribution < 1.29 is 4.74 Å². The molecule has 0 spiro atoms. The molecule has 1 aromatic carbocycles. The van der Waals surface area contributed by atoms with Crippen molar-refractivity contribution in [2.45, 2.75) is 50.7 Å². The third kappa shape index (κ3) is 2.00. The number of rotatable bonds is 1. The lowest BCUT2D eigenvalue weighted by Crippen LogP contribution is -2.50. The van der Waals surface area contributed by atoms with E-state index < -0.39 is 5.54 Å². The molecule has 0 bridgehead atoms. The zero-order chi connectivity index (χ0) is 14.7. The Morgan fingerprint density at radius 3 is 2.86 bits per heavy atom. The molecule has 0 fully saturated rings. The van der Waals surface area contributed by atoms with Crippen molar-refractivity contribution in [3.63, 3.8) is 0 Å². The van der Waals surface area contributed by atoms with E-state index in [1.165, 1.54) is 17.0 Å². The Morgan fingerprint density at radius 1 is 1.24 bits per heavy atom. The lowest BCUT2D eigenvalue weighted by atomic mass is 9.79. The first kappa shape index (κ1) is 13.3. The van der Waals surface area contributed by atoms with Crippen molar-refractivity contribution >= 4 is 11.3 Å². The number of benzene rings is 1. The van der Waals surface area contributed by atoms with Crippen LogP contribution in [0, 0.1) is 0 Å². The molecule has 0 amide bonds. The monoisotopic (exact) mass is 300 g/mol. The van der Waals surface area contributed by atoms with Gasteiger partial charge in [0.05, 0.1) is 5.69 Å². The van der Waals surface area contributed by atoms with Gasteiger partial charge in [0, 0.05) is 16.9 Å².